The molecule has 0 aliphatic carbocycles. The van der Waals surface area contributed by atoms with Crippen molar-refractivity contribution in [2.24, 2.45) is 23.7 Å². The second-order valence-corrected chi connectivity index (χ2v) is 10.3. The Labute approximate surface area is 177 Å². The van der Waals surface area contributed by atoms with Crippen molar-refractivity contribution in [3.63, 3.8) is 0 Å². The van der Waals surface area contributed by atoms with Gasteiger partial charge >= 0.3 is 5.97 Å². The number of aliphatic hydroxyl groups is 3. The van der Waals surface area contributed by atoms with Crippen molar-refractivity contribution in [1.82, 2.24) is 4.90 Å². The maximum Gasteiger partial charge on any atom is 0.309 e. The molecule has 0 unspecified atom stereocenters. The van der Waals surface area contributed by atoms with Gasteiger partial charge in [-0.3, -0.25) is 4.79 Å². The number of hydrogen-bond acceptors (Lipinski definition) is 6. The van der Waals surface area contributed by atoms with E-state index in [0.29, 0.717) is 25.8 Å². The number of likely N-dealkylation sites (N-methyl/N-ethyl adjacent to an activating group) is 1. The molecule has 0 aromatic heterocycles. The van der Waals surface area contributed by atoms with Gasteiger partial charge in [0, 0.05) is 12.6 Å². The van der Waals surface area contributed by atoms with Gasteiger partial charge in [0.2, 0.25) is 0 Å². The summed E-state index contributed by atoms with van der Waals surface area (Å²) in [4.78, 5) is 14.7. The number of aliphatic hydroxyl groups excluding tert-OH is 1. The molecule has 0 amide bonds. The molecule has 29 heavy (non-hydrogen) atoms. The van der Waals surface area contributed by atoms with Gasteiger partial charge in [0.15, 0.2) is 0 Å². The molecule has 172 valence electrons. The number of hydrogen-bond donors (Lipinski definition) is 3. The maximum atomic E-state index is 12.7. The Balaban J connectivity index is 3.27. The van der Waals surface area contributed by atoms with Gasteiger partial charge in [-0.15, -0.1) is 0 Å². The lowest BCUT2D eigenvalue weighted by molar-refractivity contribution is -0.189. The summed E-state index contributed by atoms with van der Waals surface area (Å²) in [5.74, 6) is -0.372. The zero-order valence-electron chi connectivity index (χ0n) is 20.0. The zero-order chi connectivity index (χ0) is 22.7. The third-order valence-corrected chi connectivity index (χ3v) is 7.36. The van der Waals surface area contributed by atoms with E-state index in [1.165, 1.54) is 0 Å². The predicted octanol–water partition coefficient (Wildman–Crippen LogP) is 2.83. The lowest BCUT2D eigenvalue weighted by Gasteiger charge is -2.42. The summed E-state index contributed by atoms with van der Waals surface area (Å²) in [6.07, 6.45) is -0.242. The first-order chi connectivity index (χ1) is 13.1. The molecule has 1 saturated heterocycles. The Hall–Kier alpha value is -0.690. The van der Waals surface area contributed by atoms with Gasteiger partial charge in [-0.05, 0) is 64.8 Å². The standard InChI is InChI=1S/C23H45NO5/c1-10-19-23(8,28)20(25)18(6)24(9)13-14(2)12-22(7,27)17(5)15(3)11-16(4)21(26)29-19/h14-20,25,27-28H,10-13H2,1-9H3/t14-,15+,16-,17-,18-,19-,20-,22-,23-/m1/s1. The summed E-state index contributed by atoms with van der Waals surface area (Å²) in [6, 6.07) is -0.343. The lowest BCUT2D eigenvalue weighted by Crippen LogP contribution is -2.58. The zero-order valence-corrected chi connectivity index (χ0v) is 20.0. The number of carbonyl (C=O) groups is 1. The molecular formula is C23H45NO5. The van der Waals surface area contributed by atoms with Crippen LogP contribution in [0.25, 0.3) is 0 Å². The Morgan fingerprint density at radius 2 is 1.69 bits per heavy atom. The van der Waals surface area contributed by atoms with Crippen molar-refractivity contribution in [3.8, 4) is 0 Å². The summed E-state index contributed by atoms with van der Waals surface area (Å²) in [5, 5.41) is 33.2. The molecule has 0 spiro atoms. The molecule has 1 fully saturated rings. The number of ether oxygens (including phenoxy) is 1. The van der Waals surface area contributed by atoms with Crippen LogP contribution in [-0.4, -0.2) is 69.2 Å². The van der Waals surface area contributed by atoms with Crippen LogP contribution in [0.4, 0.5) is 0 Å². The third kappa shape index (κ3) is 6.39. The average molecular weight is 416 g/mol. The number of carbonyl (C=O) groups excluding carboxylic acids is 1. The first-order valence-electron chi connectivity index (χ1n) is 11.2. The second-order valence-electron chi connectivity index (χ2n) is 10.3. The number of nitrogens with zero attached hydrogens (tertiary/aromatic N) is 1. The van der Waals surface area contributed by atoms with Gasteiger partial charge in [-0.2, -0.15) is 0 Å². The Kier molecular flexibility index (Phi) is 9.16. The van der Waals surface area contributed by atoms with Gasteiger partial charge in [0.1, 0.15) is 17.8 Å². The largest absolute Gasteiger partial charge is 0.459 e. The van der Waals surface area contributed by atoms with Crippen LogP contribution in [0.1, 0.15) is 74.7 Å². The van der Waals surface area contributed by atoms with Gasteiger partial charge in [0.05, 0.1) is 11.5 Å². The molecule has 1 aliphatic heterocycles. The molecule has 0 saturated carbocycles. The highest BCUT2D eigenvalue weighted by atomic mass is 16.6. The summed E-state index contributed by atoms with van der Waals surface area (Å²) in [7, 11) is 1.91. The maximum absolute atomic E-state index is 12.7. The van der Waals surface area contributed by atoms with E-state index in [9.17, 15) is 20.1 Å². The van der Waals surface area contributed by atoms with E-state index >= 15 is 0 Å². The highest BCUT2D eigenvalue weighted by Crippen LogP contribution is 2.35. The molecule has 1 aliphatic rings. The van der Waals surface area contributed by atoms with E-state index in [1.807, 2.05) is 46.6 Å². The summed E-state index contributed by atoms with van der Waals surface area (Å²) in [5.41, 5.74) is -2.42. The molecule has 0 aromatic rings. The molecule has 9 atom stereocenters. The van der Waals surface area contributed by atoms with E-state index in [0.717, 1.165) is 0 Å². The van der Waals surface area contributed by atoms with Crippen molar-refractivity contribution >= 4 is 5.97 Å². The van der Waals surface area contributed by atoms with Crippen molar-refractivity contribution in [1.29, 1.82) is 0 Å². The Bertz CT molecular complexity index is 535. The van der Waals surface area contributed by atoms with Crippen molar-refractivity contribution in [2.45, 2.75) is 104 Å². The van der Waals surface area contributed by atoms with Crippen LogP contribution >= 0.6 is 0 Å². The first-order valence-corrected chi connectivity index (χ1v) is 11.2. The van der Waals surface area contributed by atoms with E-state index in [4.69, 9.17) is 4.74 Å². The minimum absolute atomic E-state index is 0.0173. The van der Waals surface area contributed by atoms with Crippen LogP contribution < -0.4 is 0 Å². The van der Waals surface area contributed by atoms with Gasteiger partial charge < -0.3 is 25.0 Å². The predicted molar refractivity (Wildman–Crippen MR) is 115 cm³/mol. The monoisotopic (exact) mass is 415 g/mol. The van der Waals surface area contributed by atoms with Gasteiger partial charge in [0.25, 0.3) is 0 Å². The third-order valence-electron chi connectivity index (χ3n) is 7.36. The molecule has 0 radical (unpaired) electrons. The Morgan fingerprint density at radius 3 is 2.21 bits per heavy atom. The fraction of sp³-hybridized carbons (Fsp3) is 0.957. The topological polar surface area (TPSA) is 90.2 Å². The van der Waals surface area contributed by atoms with Crippen LogP contribution in [0.2, 0.25) is 0 Å². The molecular weight excluding hydrogens is 370 g/mol. The normalized spacial score (nSPS) is 47.2. The second kappa shape index (κ2) is 10.1. The average Bonchev–Trinajstić information content (AvgIpc) is 2.61. The highest BCUT2D eigenvalue weighted by molar-refractivity contribution is 5.72. The van der Waals surface area contributed by atoms with Crippen LogP contribution in [0.15, 0.2) is 0 Å². The number of esters is 1. The van der Waals surface area contributed by atoms with Crippen LogP contribution in [-0.2, 0) is 9.53 Å². The van der Waals surface area contributed by atoms with Gasteiger partial charge in [-0.25, -0.2) is 0 Å². The van der Waals surface area contributed by atoms with Crippen molar-refractivity contribution < 1.29 is 24.9 Å². The molecule has 3 N–H and O–H groups in total. The summed E-state index contributed by atoms with van der Waals surface area (Å²) >= 11 is 0. The minimum atomic E-state index is -1.56. The molecule has 6 heteroatoms. The molecule has 1 heterocycles. The van der Waals surface area contributed by atoms with E-state index in [1.54, 1.807) is 6.92 Å². The summed E-state index contributed by atoms with van der Waals surface area (Å²) in [6.45, 7) is 15.9. The quantitative estimate of drug-likeness (QED) is 0.571. The smallest absolute Gasteiger partial charge is 0.309 e. The Morgan fingerprint density at radius 1 is 1.14 bits per heavy atom. The van der Waals surface area contributed by atoms with Crippen LogP contribution in [0, 0.1) is 23.7 Å². The highest BCUT2D eigenvalue weighted by Gasteiger charge is 2.45. The lowest BCUT2D eigenvalue weighted by atomic mass is 9.74. The van der Waals surface area contributed by atoms with E-state index in [2.05, 4.69) is 13.8 Å². The van der Waals surface area contributed by atoms with E-state index < -0.39 is 23.4 Å². The molecule has 0 aromatic carbocycles. The molecule has 6 nitrogen and oxygen atoms in total. The van der Waals surface area contributed by atoms with Crippen LogP contribution in [0.3, 0.4) is 0 Å². The van der Waals surface area contributed by atoms with Crippen LogP contribution in [0.5, 0.6) is 0 Å². The fourth-order valence-electron chi connectivity index (χ4n) is 4.88. The van der Waals surface area contributed by atoms with Crippen molar-refractivity contribution in [3.05, 3.63) is 0 Å². The van der Waals surface area contributed by atoms with E-state index in [-0.39, 0.29) is 35.7 Å². The first kappa shape index (κ1) is 26.3. The molecule has 1 rings (SSSR count). The number of rotatable bonds is 1. The van der Waals surface area contributed by atoms with Crippen molar-refractivity contribution in [2.75, 3.05) is 13.6 Å². The SMILES string of the molecule is CC[C@H]1OC(=O)[C@H](C)C[C@H](C)[C@@H](C)[C@](C)(O)C[C@@H](C)CN(C)[C@H](C)[C@@H](O)[C@]1(C)O. The molecule has 0 bridgehead atoms. The number of cyclic esters (lactones) is 1. The fourth-order valence-corrected chi connectivity index (χ4v) is 4.88. The minimum Gasteiger partial charge on any atom is -0.459 e. The van der Waals surface area contributed by atoms with Gasteiger partial charge in [-0.1, -0.05) is 34.6 Å². The summed E-state index contributed by atoms with van der Waals surface area (Å²) < 4.78 is 5.68.